The topological polar surface area (TPSA) is 82.6 Å². The lowest BCUT2D eigenvalue weighted by Crippen LogP contribution is -2.15. The highest BCUT2D eigenvalue weighted by Crippen LogP contribution is 2.40. The third-order valence-corrected chi connectivity index (χ3v) is 5.35. The minimum absolute atomic E-state index is 0.0472. The molecule has 0 aliphatic carbocycles. The number of hydrogen-bond acceptors (Lipinski definition) is 7. The Labute approximate surface area is 192 Å². The van der Waals surface area contributed by atoms with Gasteiger partial charge in [0.15, 0.2) is 11.5 Å². The van der Waals surface area contributed by atoms with Gasteiger partial charge in [0.05, 0.1) is 38.3 Å². The molecule has 0 saturated carbocycles. The molecule has 0 unspecified atom stereocenters. The highest BCUT2D eigenvalue weighted by Gasteiger charge is 2.30. The number of benzene rings is 2. The van der Waals surface area contributed by atoms with Crippen LogP contribution < -0.4 is 19.5 Å². The van der Waals surface area contributed by atoms with Gasteiger partial charge in [-0.05, 0) is 42.5 Å². The molecule has 174 valence electrons. The highest BCUT2D eigenvalue weighted by molar-refractivity contribution is 7.99. The molecule has 1 N–H and O–H groups in total. The third-order valence-electron chi connectivity index (χ3n) is 4.43. The lowest BCUT2D eigenvalue weighted by molar-refractivity contribution is -0.137. The summed E-state index contributed by atoms with van der Waals surface area (Å²) in [6.07, 6.45) is -4.48. The Morgan fingerprint density at radius 1 is 0.970 bits per heavy atom. The van der Waals surface area contributed by atoms with Gasteiger partial charge in [0, 0.05) is 11.3 Å². The van der Waals surface area contributed by atoms with Crippen molar-refractivity contribution in [2.75, 3.05) is 32.4 Å². The van der Waals surface area contributed by atoms with Crippen molar-refractivity contribution >= 4 is 23.4 Å². The molecule has 1 aromatic heterocycles. The third kappa shape index (κ3) is 6.07. The molecule has 1 amide bonds. The van der Waals surface area contributed by atoms with E-state index in [9.17, 15) is 18.0 Å². The number of amides is 1. The number of nitrogens with zero attached hydrogens (tertiary/aromatic N) is 2. The Morgan fingerprint density at radius 3 is 2.21 bits per heavy atom. The Morgan fingerprint density at radius 2 is 1.67 bits per heavy atom. The summed E-state index contributed by atoms with van der Waals surface area (Å²) in [7, 11) is 4.53. The van der Waals surface area contributed by atoms with Crippen LogP contribution >= 0.6 is 11.8 Å². The van der Waals surface area contributed by atoms with Crippen molar-refractivity contribution < 1.29 is 32.2 Å². The smallest absolute Gasteiger partial charge is 0.416 e. The minimum Gasteiger partial charge on any atom is -0.493 e. The van der Waals surface area contributed by atoms with Gasteiger partial charge in [0.2, 0.25) is 11.7 Å². The number of ether oxygens (including phenoxy) is 3. The Balaban J connectivity index is 1.65. The summed E-state index contributed by atoms with van der Waals surface area (Å²) >= 11 is 1.11. The van der Waals surface area contributed by atoms with Gasteiger partial charge >= 0.3 is 6.18 Å². The summed E-state index contributed by atoms with van der Waals surface area (Å²) in [5.74, 6) is 0.885. The second-order valence-electron chi connectivity index (χ2n) is 6.59. The molecule has 0 saturated heterocycles. The van der Waals surface area contributed by atoms with E-state index >= 15 is 0 Å². The maximum Gasteiger partial charge on any atom is 0.416 e. The monoisotopic (exact) mass is 479 g/mol. The molecule has 33 heavy (non-hydrogen) atoms. The van der Waals surface area contributed by atoms with E-state index in [0.29, 0.717) is 33.5 Å². The molecule has 2 aromatic carbocycles. The minimum atomic E-state index is -4.48. The number of thioether (sulfide) groups is 1. The zero-order valence-electron chi connectivity index (χ0n) is 17.9. The maximum absolute atomic E-state index is 12.8. The van der Waals surface area contributed by atoms with Gasteiger partial charge in [-0.15, -0.1) is 10.2 Å². The number of hydrogen-bond donors (Lipinski definition) is 1. The van der Waals surface area contributed by atoms with Crippen molar-refractivity contribution in [1.29, 1.82) is 0 Å². The van der Waals surface area contributed by atoms with Crippen molar-refractivity contribution in [2.45, 2.75) is 11.2 Å². The summed E-state index contributed by atoms with van der Waals surface area (Å²) in [5.41, 5.74) is 0.475. The number of methoxy groups -OCH3 is 3. The van der Waals surface area contributed by atoms with Crippen molar-refractivity contribution in [2.24, 2.45) is 0 Å². The summed E-state index contributed by atoms with van der Waals surface area (Å²) in [4.78, 5) is 12.1. The summed E-state index contributed by atoms with van der Waals surface area (Å²) in [5, 5.41) is 11.2. The quantitative estimate of drug-likeness (QED) is 0.459. The lowest BCUT2D eigenvalue weighted by Gasteiger charge is -2.13. The molecule has 3 rings (SSSR count). The molecule has 0 atom stereocenters. The van der Waals surface area contributed by atoms with Gasteiger partial charge in [0.25, 0.3) is 0 Å². The fourth-order valence-electron chi connectivity index (χ4n) is 2.89. The Hall–Kier alpha value is -3.47. The largest absolute Gasteiger partial charge is 0.493 e. The number of halogens is 3. The molecule has 0 bridgehead atoms. The Kier molecular flexibility index (Phi) is 7.64. The van der Waals surface area contributed by atoms with Crippen molar-refractivity contribution in [1.82, 2.24) is 10.2 Å². The van der Waals surface area contributed by atoms with E-state index in [4.69, 9.17) is 14.2 Å². The molecule has 0 radical (unpaired) electrons. The number of rotatable bonds is 8. The number of aromatic nitrogens is 2. The molecule has 11 heteroatoms. The van der Waals surface area contributed by atoms with E-state index in [1.54, 1.807) is 24.3 Å². The highest BCUT2D eigenvalue weighted by atomic mass is 32.2. The van der Waals surface area contributed by atoms with Crippen molar-refractivity contribution in [3.8, 4) is 28.5 Å². The number of alkyl halides is 3. The summed E-state index contributed by atoms with van der Waals surface area (Å²) < 4.78 is 54.4. The number of carbonyl (C=O) groups is 1. The van der Waals surface area contributed by atoms with Crippen LogP contribution in [0.25, 0.3) is 11.3 Å². The first kappa shape index (κ1) is 24.2. The van der Waals surface area contributed by atoms with E-state index in [0.717, 1.165) is 23.9 Å². The predicted molar refractivity (Wildman–Crippen MR) is 118 cm³/mol. The van der Waals surface area contributed by atoms with Gasteiger partial charge in [-0.25, -0.2) is 0 Å². The van der Waals surface area contributed by atoms with Gasteiger partial charge in [-0.2, -0.15) is 13.2 Å². The van der Waals surface area contributed by atoms with Gasteiger partial charge < -0.3 is 19.5 Å². The van der Waals surface area contributed by atoms with E-state index < -0.39 is 17.6 Å². The molecule has 0 fully saturated rings. The fraction of sp³-hybridized carbons (Fsp3) is 0.227. The number of anilines is 1. The molecule has 0 spiro atoms. The van der Waals surface area contributed by atoms with Crippen molar-refractivity contribution in [3.05, 3.63) is 54.1 Å². The number of nitrogens with one attached hydrogen (secondary N) is 1. The normalized spacial score (nSPS) is 11.1. The molecule has 1 heterocycles. The van der Waals surface area contributed by atoms with Crippen LogP contribution in [-0.2, 0) is 11.0 Å². The maximum atomic E-state index is 12.8. The molecular formula is C22H20F3N3O4S. The standard InChI is InChI=1S/C22H20F3N3O4S/c1-30-17-9-13(10-18(31-2)21(17)32-3)16-7-8-20(28-27-16)33-12-19(29)26-15-6-4-5-14(11-15)22(23,24)25/h4-11H,12H2,1-3H3,(H,26,29). The van der Waals surface area contributed by atoms with Crippen LogP contribution in [0, 0.1) is 0 Å². The lowest BCUT2D eigenvalue weighted by atomic mass is 10.1. The first-order valence-electron chi connectivity index (χ1n) is 9.49. The van der Waals surface area contributed by atoms with Crippen LogP contribution in [0.15, 0.2) is 53.6 Å². The first-order valence-corrected chi connectivity index (χ1v) is 10.5. The van der Waals surface area contributed by atoms with Crippen LogP contribution in [-0.4, -0.2) is 43.2 Å². The zero-order chi connectivity index (χ0) is 24.0. The summed E-state index contributed by atoms with van der Waals surface area (Å²) in [6, 6.07) is 11.3. The van der Waals surface area contributed by atoms with Crippen LogP contribution in [0.3, 0.4) is 0 Å². The van der Waals surface area contributed by atoms with E-state index in [1.165, 1.54) is 33.5 Å². The van der Waals surface area contributed by atoms with Gasteiger partial charge in [-0.3, -0.25) is 4.79 Å². The number of carbonyl (C=O) groups excluding carboxylic acids is 1. The predicted octanol–water partition coefficient (Wildman–Crippen LogP) is 4.92. The van der Waals surface area contributed by atoms with Gasteiger partial charge in [0.1, 0.15) is 5.03 Å². The SMILES string of the molecule is COc1cc(-c2ccc(SCC(=O)Nc3cccc(C(F)(F)F)c3)nn2)cc(OC)c1OC. The van der Waals surface area contributed by atoms with E-state index in [-0.39, 0.29) is 11.4 Å². The second-order valence-corrected chi connectivity index (χ2v) is 7.58. The van der Waals surface area contributed by atoms with E-state index in [1.807, 2.05) is 0 Å². The van der Waals surface area contributed by atoms with Crippen LogP contribution in [0.2, 0.25) is 0 Å². The fourth-order valence-corrected chi connectivity index (χ4v) is 3.50. The van der Waals surface area contributed by atoms with Crippen LogP contribution in [0.4, 0.5) is 18.9 Å². The van der Waals surface area contributed by atoms with Gasteiger partial charge in [-0.1, -0.05) is 17.8 Å². The van der Waals surface area contributed by atoms with Crippen molar-refractivity contribution in [3.63, 3.8) is 0 Å². The zero-order valence-corrected chi connectivity index (χ0v) is 18.7. The molecule has 3 aromatic rings. The average molecular weight is 479 g/mol. The van der Waals surface area contributed by atoms with Crippen LogP contribution in [0.1, 0.15) is 5.56 Å². The second kappa shape index (κ2) is 10.4. The molecule has 0 aliphatic rings. The molecular weight excluding hydrogens is 459 g/mol. The van der Waals surface area contributed by atoms with E-state index in [2.05, 4.69) is 15.5 Å². The molecule has 0 aliphatic heterocycles. The first-order chi connectivity index (χ1) is 15.7. The Bertz CT molecular complexity index is 1100. The summed E-state index contributed by atoms with van der Waals surface area (Å²) in [6.45, 7) is 0. The average Bonchev–Trinajstić information content (AvgIpc) is 2.81. The molecule has 7 nitrogen and oxygen atoms in total. The van der Waals surface area contributed by atoms with Crippen LogP contribution in [0.5, 0.6) is 17.2 Å².